The Morgan fingerprint density at radius 1 is 1.67 bits per heavy atom. The highest BCUT2D eigenvalue weighted by Gasteiger charge is 2.03. The van der Waals surface area contributed by atoms with Gasteiger partial charge in [0.2, 0.25) is 5.95 Å². The molecule has 0 saturated carbocycles. The molecule has 3 N–H and O–H groups in total. The van der Waals surface area contributed by atoms with Crippen molar-refractivity contribution >= 4 is 38.5 Å². The summed E-state index contributed by atoms with van der Waals surface area (Å²) in [6.07, 6.45) is 1.58. The van der Waals surface area contributed by atoms with Gasteiger partial charge in [0, 0.05) is 35.0 Å². The zero-order chi connectivity index (χ0) is 11.3. The lowest BCUT2D eigenvalue weighted by Crippen LogP contribution is -2.13. The lowest BCUT2D eigenvalue weighted by Gasteiger charge is -2.06. The molecule has 1 unspecified atom stereocenters. The molecule has 0 bridgehead atoms. The number of nitrogen functional groups attached to an aromatic ring is 1. The van der Waals surface area contributed by atoms with E-state index >= 15 is 0 Å². The second-order valence-electron chi connectivity index (χ2n) is 2.78. The first kappa shape index (κ1) is 12.4. The number of hydrogen-bond acceptors (Lipinski definition) is 5. The fourth-order valence-electron chi connectivity index (χ4n) is 0.932. The number of nitrogens with one attached hydrogen (secondary N) is 1. The van der Waals surface area contributed by atoms with Crippen molar-refractivity contribution in [3.63, 3.8) is 0 Å². The normalized spacial score (nSPS) is 12.4. The Morgan fingerprint density at radius 3 is 3.07 bits per heavy atom. The summed E-state index contributed by atoms with van der Waals surface area (Å²) in [5, 5.41) is 3.05. The van der Waals surface area contributed by atoms with Crippen LogP contribution < -0.4 is 11.1 Å². The molecule has 1 heterocycles. The highest BCUT2D eigenvalue weighted by molar-refractivity contribution is 9.10. The van der Waals surface area contributed by atoms with E-state index in [1.54, 1.807) is 6.20 Å². The van der Waals surface area contributed by atoms with Crippen molar-refractivity contribution < 1.29 is 4.21 Å². The van der Waals surface area contributed by atoms with E-state index in [1.165, 1.54) is 0 Å². The monoisotopic (exact) mass is 292 g/mol. The minimum atomic E-state index is -0.765. The Morgan fingerprint density at radius 2 is 2.40 bits per heavy atom. The van der Waals surface area contributed by atoms with Gasteiger partial charge < -0.3 is 11.1 Å². The van der Waals surface area contributed by atoms with Crippen LogP contribution in [0, 0.1) is 0 Å². The maximum Gasteiger partial charge on any atom is 0.221 e. The van der Waals surface area contributed by atoms with Crippen LogP contribution in [-0.4, -0.2) is 32.2 Å². The maximum atomic E-state index is 11.2. The van der Waals surface area contributed by atoms with E-state index in [4.69, 9.17) is 5.73 Å². The second-order valence-corrected chi connectivity index (χ2v) is 5.50. The number of rotatable bonds is 5. The highest BCUT2D eigenvalue weighted by Crippen LogP contribution is 2.18. The van der Waals surface area contributed by atoms with Gasteiger partial charge in [-0.25, -0.2) is 4.98 Å². The Kier molecular flexibility index (Phi) is 4.97. The van der Waals surface area contributed by atoms with Gasteiger partial charge in [0.15, 0.2) is 0 Å². The molecular formula is C8H13BrN4OS. The summed E-state index contributed by atoms with van der Waals surface area (Å²) in [5.74, 6) is 2.13. The first-order valence-electron chi connectivity index (χ1n) is 4.50. The van der Waals surface area contributed by atoms with E-state index in [9.17, 15) is 4.21 Å². The van der Waals surface area contributed by atoms with Crippen molar-refractivity contribution in [2.75, 3.05) is 29.1 Å². The van der Waals surface area contributed by atoms with Gasteiger partial charge in [0.25, 0.3) is 0 Å². The number of halogens is 1. The molecule has 0 saturated heterocycles. The van der Waals surface area contributed by atoms with E-state index in [1.807, 2.05) is 6.92 Å². The number of hydrogen-bond donors (Lipinski definition) is 2. The van der Waals surface area contributed by atoms with Crippen LogP contribution in [0.3, 0.4) is 0 Å². The maximum absolute atomic E-state index is 11.2. The summed E-state index contributed by atoms with van der Waals surface area (Å²) in [4.78, 5) is 7.82. The van der Waals surface area contributed by atoms with Crippen LogP contribution in [0.15, 0.2) is 10.7 Å². The van der Waals surface area contributed by atoms with Crippen molar-refractivity contribution in [3.8, 4) is 0 Å². The van der Waals surface area contributed by atoms with Crippen LogP contribution in [-0.2, 0) is 10.8 Å². The molecule has 0 spiro atoms. The van der Waals surface area contributed by atoms with E-state index in [2.05, 4.69) is 31.2 Å². The van der Waals surface area contributed by atoms with E-state index < -0.39 is 10.8 Å². The van der Waals surface area contributed by atoms with Crippen LogP contribution in [0.5, 0.6) is 0 Å². The van der Waals surface area contributed by atoms with Gasteiger partial charge in [-0.2, -0.15) is 4.98 Å². The minimum absolute atomic E-state index is 0.220. The van der Waals surface area contributed by atoms with E-state index in [0.29, 0.717) is 23.9 Å². The van der Waals surface area contributed by atoms with Gasteiger partial charge in [-0.3, -0.25) is 4.21 Å². The predicted octanol–water partition coefficient (Wildman–Crippen LogP) is 1.00. The predicted molar refractivity (Wildman–Crippen MR) is 66.2 cm³/mol. The van der Waals surface area contributed by atoms with Crippen molar-refractivity contribution in [2.24, 2.45) is 0 Å². The van der Waals surface area contributed by atoms with Crippen molar-refractivity contribution in [1.82, 2.24) is 9.97 Å². The first-order chi connectivity index (χ1) is 7.13. The molecular weight excluding hydrogens is 280 g/mol. The number of nitrogens with two attached hydrogens (primary N) is 1. The van der Waals surface area contributed by atoms with Crippen LogP contribution in [0.25, 0.3) is 0 Å². The topological polar surface area (TPSA) is 80.9 Å². The Hall–Kier alpha value is -0.690. The van der Waals surface area contributed by atoms with Gasteiger partial charge in [0.05, 0.1) is 4.47 Å². The lowest BCUT2D eigenvalue weighted by molar-refractivity contribution is 0.684. The summed E-state index contributed by atoms with van der Waals surface area (Å²) in [7, 11) is -0.765. The Balaban J connectivity index is 2.50. The van der Waals surface area contributed by atoms with Crippen molar-refractivity contribution in [3.05, 3.63) is 10.7 Å². The standard InChI is InChI=1S/C8H13BrN4OS/c1-2-15(14)4-3-11-7-6(9)5-12-8(10)13-7/h5H,2-4H2,1H3,(H3,10,11,12,13). The molecule has 0 aliphatic heterocycles. The van der Waals surface area contributed by atoms with Gasteiger partial charge in [-0.15, -0.1) is 0 Å². The zero-order valence-corrected chi connectivity index (χ0v) is 10.8. The van der Waals surface area contributed by atoms with Gasteiger partial charge in [0.1, 0.15) is 5.82 Å². The third kappa shape index (κ3) is 4.13. The average molecular weight is 293 g/mol. The van der Waals surface area contributed by atoms with Crippen LogP contribution in [0.4, 0.5) is 11.8 Å². The van der Waals surface area contributed by atoms with Crippen LogP contribution >= 0.6 is 15.9 Å². The molecule has 1 aromatic rings. The fourth-order valence-corrected chi connectivity index (χ4v) is 1.88. The van der Waals surface area contributed by atoms with E-state index in [-0.39, 0.29) is 5.95 Å². The van der Waals surface area contributed by atoms with Gasteiger partial charge in [-0.1, -0.05) is 6.92 Å². The van der Waals surface area contributed by atoms with Gasteiger partial charge in [-0.05, 0) is 15.9 Å². The van der Waals surface area contributed by atoms with Crippen LogP contribution in [0.2, 0.25) is 0 Å². The van der Waals surface area contributed by atoms with Crippen molar-refractivity contribution in [1.29, 1.82) is 0 Å². The summed E-state index contributed by atoms with van der Waals surface area (Å²) >= 11 is 3.30. The summed E-state index contributed by atoms with van der Waals surface area (Å²) in [5.41, 5.74) is 5.44. The minimum Gasteiger partial charge on any atom is -0.368 e. The average Bonchev–Trinajstić information content (AvgIpc) is 2.23. The Bertz CT molecular complexity index is 360. The molecule has 0 fully saturated rings. The van der Waals surface area contributed by atoms with Gasteiger partial charge >= 0.3 is 0 Å². The number of nitrogens with zero attached hydrogens (tertiary/aromatic N) is 2. The molecule has 5 nitrogen and oxygen atoms in total. The second kappa shape index (κ2) is 6.02. The third-order valence-corrected chi connectivity index (χ3v) is 3.59. The summed E-state index contributed by atoms with van der Waals surface area (Å²) < 4.78 is 11.9. The summed E-state index contributed by atoms with van der Waals surface area (Å²) in [6, 6.07) is 0. The molecule has 0 radical (unpaired) electrons. The molecule has 0 aliphatic rings. The first-order valence-corrected chi connectivity index (χ1v) is 6.78. The molecule has 1 atom stereocenters. The van der Waals surface area contributed by atoms with Crippen LogP contribution in [0.1, 0.15) is 6.92 Å². The number of aromatic nitrogens is 2. The molecule has 0 aromatic carbocycles. The fraction of sp³-hybridized carbons (Fsp3) is 0.500. The molecule has 1 aromatic heterocycles. The number of anilines is 2. The van der Waals surface area contributed by atoms with E-state index in [0.717, 1.165) is 4.47 Å². The lowest BCUT2D eigenvalue weighted by atomic mass is 10.5. The quantitative estimate of drug-likeness (QED) is 0.846. The molecule has 0 amide bonds. The zero-order valence-electron chi connectivity index (χ0n) is 8.36. The largest absolute Gasteiger partial charge is 0.368 e. The molecule has 1 rings (SSSR count). The van der Waals surface area contributed by atoms with Crippen molar-refractivity contribution in [2.45, 2.75) is 6.92 Å². The molecule has 15 heavy (non-hydrogen) atoms. The molecule has 84 valence electrons. The molecule has 7 heteroatoms. The summed E-state index contributed by atoms with van der Waals surface area (Å²) in [6.45, 7) is 2.50. The third-order valence-electron chi connectivity index (χ3n) is 1.71. The Labute approximate surface area is 99.5 Å². The SMILES string of the molecule is CCS(=O)CCNc1nc(N)ncc1Br. The molecule has 0 aliphatic carbocycles. The highest BCUT2D eigenvalue weighted by atomic mass is 79.9. The smallest absolute Gasteiger partial charge is 0.221 e.